The molecule has 0 fully saturated rings. The van der Waals surface area contributed by atoms with Crippen LogP contribution in [0.1, 0.15) is 11.1 Å². The molecule has 0 saturated heterocycles. The van der Waals surface area contributed by atoms with E-state index in [4.69, 9.17) is 4.74 Å². The van der Waals surface area contributed by atoms with Gasteiger partial charge in [-0.15, -0.1) is 0 Å². The van der Waals surface area contributed by atoms with Crippen molar-refractivity contribution in [1.29, 1.82) is 0 Å². The monoisotopic (exact) mass is 416 g/mol. The van der Waals surface area contributed by atoms with Crippen LogP contribution in [0.5, 0.6) is 11.5 Å². The van der Waals surface area contributed by atoms with Crippen LogP contribution in [0, 0.1) is 11.6 Å². The first-order valence-corrected chi connectivity index (χ1v) is 9.99. The van der Waals surface area contributed by atoms with Gasteiger partial charge in [-0.3, -0.25) is 0 Å². The van der Waals surface area contributed by atoms with E-state index < -0.39 is 0 Å². The minimum absolute atomic E-state index is 0.238. The second kappa shape index (κ2) is 9.76. The molecule has 2 N–H and O–H groups in total. The van der Waals surface area contributed by atoms with E-state index in [0.717, 1.165) is 34.0 Å². The van der Waals surface area contributed by atoms with E-state index in [1.54, 1.807) is 12.1 Å². The van der Waals surface area contributed by atoms with Gasteiger partial charge in [-0.25, -0.2) is 8.78 Å². The van der Waals surface area contributed by atoms with Gasteiger partial charge in [0.05, 0.1) is 0 Å². The first-order valence-electron chi connectivity index (χ1n) is 9.99. The summed E-state index contributed by atoms with van der Waals surface area (Å²) in [5, 5.41) is 6.53. The molecule has 0 aromatic heterocycles. The smallest absolute Gasteiger partial charge is 0.127 e. The van der Waals surface area contributed by atoms with Gasteiger partial charge in [0.1, 0.15) is 23.1 Å². The highest BCUT2D eigenvalue weighted by atomic mass is 19.1. The van der Waals surface area contributed by atoms with Crippen molar-refractivity contribution < 1.29 is 13.5 Å². The van der Waals surface area contributed by atoms with Crippen LogP contribution in [0.2, 0.25) is 0 Å². The lowest BCUT2D eigenvalue weighted by Gasteiger charge is -2.10. The van der Waals surface area contributed by atoms with Crippen molar-refractivity contribution in [2.75, 3.05) is 10.6 Å². The summed E-state index contributed by atoms with van der Waals surface area (Å²) in [6, 6.07) is 28.3. The first kappa shape index (κ1) is 20.4. The molecule has 0 heterocycles. The Morgan fingerprint density at radius 3 is 1.35 bits per heavy atom. The summed E-state index contributed by atoms with van der Waals surface area (Å²) in [6.45, 7) is 1.09. The normalized spacial score (nSPS) is 10.5. The zero-order valence-electron chi connectivity index (χ0n) is 16.8. The molecular weight excluding hydrogens is 394 g/mol. The van der Waals surface area contributed by atoms with Crippen LogP contribution in [0.25, 0.3) is 0 Å². The number of halogens is 2. The molecule has 4 aromatic carbocycles. The molecule has 5 heteroatoms. The Kier molecular flexibility index (Phi) is 6.43. The number of anilines is 2. The molecule has 0 aliphatic rings. The molecule has 3 nitrogen and oxygen atoms in total. The van der Waals surface area contributed by atoms with Gasteiger partial charge in [-0.2, -0.15) is 0 Å². The molecule has 31 heavy (non-hydrogen) atoms. The van der Waals surface area contributed by atoms with Gasteiger partial charge < -0.3 is 15.4 Å². The van der Waals surface area contributed by atoms with Gasteiger partial charge in [-0.1, -0.05) is 24.3 Å². The fourth-order valence-corrected chi connectivity index (χ4v) is 3.12. The van der Waals surface area contributed by atoms with E-state index >= 15 is 0 Å². The van der Waals surface area contributed by atoms with Gasteiger partial charge >= 0.3 is 0 Å². The molecule has 0 amide bonds. The maximum absolute atomic E-state index is 13.3. The van der Waals surface area contributed by atoms with Crippen LogP contribution in [0.15, 0.2) is 97.1 Å². The van der Waals surface area contributed by atoms with Gasteiger partial charge in [0.2, 0.25) is 0 Å². The van der Waals surface area contributed by atoms with E-state index in [1.165, 1.54) is 24.3 Å². The van der Waals surface area contributed by atoms with Crippen molar-refractivity contribution in [3.05, 3.63) is 120 Å². The topological polar surface area (TPSA) is 33.3 Å². The first-order chi connectivity index (χ1) is 15.1. The Morgan fingerprint density at radius 2 is 0.968 bits per heavy atom. The lowest BCUT2D eigenvalue weighted by Crippen LogP contribution is -2.00. The maximum atomic E-state index is 13.3. The molecule has 0 aliphatic heterocycles. The molecule has 0 radical (unpaired) electrons. The van der Waals surface area contributed by atoms with Gasteiger partial charge in [-0.05, 0) is 83.9 Å². The fraction of sp³-hybridized carbons (Fsp3) is 0.0769. The SMILES string of the molecule is Fc1cccc(CNc2ccc(Oc3ccc(NCc4cccc(F)c4)cc3)cc2)c1. The van der Waals surface area contributed by atoms with E-state index in [-0.39, 0.29) is 11.6 Å². The Bertz CT molecular complexity index is 1040. The molecule has 4 rings (SSSR count). The molecule has 0 aliphatic carbocycles. The van der Waals surface area contributed by atoms with Crippen LogP contribution in [-0.2, 0) is 13.1 Å². The zero-order chi connectivity index (χ0) is 21.5. The van der Waals surface area contributed by atoms with Gasteiger partial charge in [0, 0.05) is 24.5 Å². The third kappa shape index (κ3) is 6.06. The van der Waals surface area contributed by atoms with Crippen molar-refractivity contribution in [3.63, 3.8) is 0 Å². The predicted molar refractivity (Wildman–Crippen MR) is 120 cm³/mol. The van der Waals surface area contributed by atoms with Crippen LogP contribution in [0.3, 0.4) is 0 Å². The molecule has 4 aromatic rings. The van der Waals surface area contributed by atoms with Crippen molar-refractivity contribution in [1.82, 2.24) is 0 Å². The second-order valence-corrected chi connectivity index (χ2v) is 7.12. The van der Waals surface area contributed by atoms with E-state index in [1.807, 2.05) is 60.7 Å². The number of hydrogen-bond donors (Lipinski definition) is 2. The average molecular weight is 416 g/mol. The van der Waals surface area contributed by atoms with Crippen molar-refractivity contribution in [2.24, 2.45) is 0 Å². The number of hydrogen-bond acceptors (Lipinski definition) is 3. The van der Waals surface area contributed by atoms with Crippen molar-refractivity contribution in [2.45, 2.75) is 13.1 Å². The average Bonchev–Trinajstić information content (AvgIpc) is 2.78. The number of ether oxygens (including phenoxy) is 1. The molecule has 0 spiro atoms. The number of benzene rings is 4. The lowest BCUT2D eigenvalue weighted by atomic mass is 10.2. The molecule has 0 unspecified atom stereocenters. The predicted octanol–water partition coefficient (Wildman–Crippen LogP) is 6.98. The lowest BCUT2D eigenvalue weighted by molar-refractivity contribution is 0.483. The second-order valence-electron chi connectivity index (χ2n) is 7.12. The van der Waals surface area contributed by atoms with Crippen LogP contribution >= 0.6 is 0 Å². The molecule has 0 atom stereocenters. The highest BCUT2D eigenvalue weighted by molar-refractivity contribution is 5.50. The van der Waals surface area contributed by atoms with Crippen LogP contribution in [-0.4, -0.2) is 0 Å². The van der Waals surface area contributed by atoms with Gasteiger partial charge in [0.15, 0.2) is 0 Å². The fourth-order valence-electron chi connectivity index (χ4n) is 3.12. The van der Waals surface area contributed by atoms with E-state index in [0.29, 0.717) is 13.1 Å². The Morgan fingerprint density at radius 1 is 0.548 bits per heavy atom. The molecule has 0 bridgehead atoms. The summed E-state index contributed by atoms with van der Waals surface area (Å²) in [7, 11) is 0. The Balaban J connectivity index is 1.28. The Hall–Kier alpha value is -3.86. The summed E-state index contributed by atoms with van der Waals surface area (Å²) < 4.78 is 32.4. The number of rotatable bonds is 8. The molecule has 156 valence electrons. The highest BCUT2D eigenvalue weighted by Gasteiger charge is 2.01. The summed E-state index contributed by atoms with van der Waals surface area (Å²) in [5.41, 5.74) is 3.61. The summed E-state index contributed by atoms with van der Waals surface area (Å²) in [5.74, 6) is 0.963. The minimum Gasteiger partial charge on any atom is -0.457 e. The third-order valence-electron chi connectivity index (χ3n) is 4.72. The standard InChI is InChI=1S/C26H22F2N2O/c27-21-5-1-3-19(15-21)17-29-23-7-11-25(12-8-23)31-26-13-9-24(10-14-26)30-18-20-4-2-6-22(28)16-20/h1-16,29-30H,17-18H2. The van der Waals surface area contributed by atoms with Crippen molar-refractivity contribution >= 4 is 11.4 Å². The minimum atomic E-state index is -0.238. The highest BCUT2D eigenvalue weighted by Crippen LogP contribution is 2.25. The number of nitrogens with one attached hydrogen (secondary N) is 2. The molecule has 0 saturated carbocycles. The van der Waals surface area contributed by atoms with Crippen LogP contribution < -0.4 is 15.4 Å². The van der Waals surface area contributed by atoms with Gasteiger partial charge in [0.25, 0.3) is 0 Å². The third-order valence-corrected chi connectivity index (χ3v) is 4.72. The Labute approximate surface area is 180 Å². The summed E-state index contributed by atoms with van der Waals surface area (Å²) >= 11 is 0. The largest absolute Gasteiger partial charge is 0.457 e. The maximum Gasteiger partial charge on any atom is 0.127 e. The summed E-state index contributed by atoms with van der Waals surface area (Å²) in [6.07, 6.45) is 0. The summed E-state index contributed by atoms with van der Waals surface area (Å²) in [4.78, 5) is 0. The molecular formula is C26H22F2N2O. The van der Waals surface area contributed by atoms with E-state index in [9.17, 15) is 8.78 Å². The van der Waals surface area contributed by atoms with E-state index in [2.05, 4.69) is 10.6 Å². The van der Waals surface area contributed by atoms with Crippen LogP contribution in [0.4, 0.5) is 20.2 Å². The quantitative estimate of drug-likeness (QED) is 0.325. The zero-order valence-corrected chi connectivity index (χ0v) is 16.8. The van der Waals surface area contributed by atoms with Crippen molar-refractivity contribution in [3.8, 4) is 11.5 Å².